The zero-order valence-corrected chi connectivity index (χ0v) is 16.6. The molecule has 2 unspecified atom stereocenters. The van der Waals surface area contributed by atoms with Gasteiger partial charge in [0, 0.05) is 6.54 Å². The second-order valence-corrected chi connectivity index (χ2v) is 7.99. The molecule has 2 atom stereocenters. The summed E-state index contributed by atoms with van der Waals surface area (Å²) in [5.74, 6) is -0.279. The van der Waals surface area contributed by atoms with Gasteiger partial charge >= 0.3 is 0 Å². The average molecular weight is 372 g/mol. The number of aromatic nitrogens is 2. The number of para-hydroxylation sites is 1. The van der Waals surface area contributed by atoms with Gasteiger partial charge in [-0.05, 0) is 38.8 Å². The Balaban J connectivity index is 2.32. The molecule has 138 valence electrons. The number of carbonyl (C=O) groups excluding carboxylic acids is 1. The SMILES string of the molecule is CCn1c(SC(C)C(=O)NC(C)(C#N)C(C)C)nc2ccccc2c1=O. The van der Waals surface area contributed by atoms with Gasteiger partial charge in [0.25, 0.3) is 5.56 Å². The summed E-state index contributed by atoms with van der Waals surface area (Å²) in [6, 6.07) is 9.35. The highest BCUT2D eigenvalue weighted by Crippen LogP contribution is 2.24. The van der Waals surface area contributed by atoms with Crippen LogP contribution in [0.2, 0.25) is 0 Å². The zero-order valence-electron chi connectivity index (χ0n) is 15.7. The predicted octanol–water partition coefficient (Wildman–Crippen LogP) is 2.95. The first kappa shape index (κ1) is 20.0. The van der Waals surface area contributed by atoms with E-state index >= 15 is 0 Å². The fourth-order valence-electron chi connectivity index (χ4n) is 2.39. The van der Waals surface area contributed by atoms with Crippen molar-refractivity contribution in [3.8, 4) is 6.07 Å². The molecule has 7 heteroatoms. The second kappa shape index (κ2) is 7.92. The summed E-state index contributed by atoms with van der Waals surface area (Å²) in [5.41, 5.74) is -0.439. The number of benzene rings is 1. The van der Waals surface area contributed by atoms with Crippen molar-refractivity contribution in [3.05, 3.63) is 34.6 Å². The molecule has 2 aromatic rings. The number of nitrogens with zero attached hydrogens (tertiary/aromatic N) is 3. The van der Waals surface area contributed by atoms with Crippen LogP contribution in [0.3, 0.4) is 0 Å². The molecule has 1 amide bonds. The van der Waals surface area contributed by atoms with Gasteiger partial charge in [0.15, 0.2) is 5.16 Å². The summed E-state index contributed by atoms with van der Waals surface area (Å²) in [6.07, 6.45) is 0. The first-order valence-electron chi connectivity index (χ1n) is 8.63. The Hall–Kier alpha value is -2.33. The van der Waals surface area contributed by atoms with Crippen molar-refractivity contribution in [1.82, 2.24) is 14.9 Å². The zero-order chi connectivity index (χ0) is 19.5. The van der Waals surface area contributed by atoms with Crippen LogP contribution in [0.15, 0.2) is 34.2 Å². The van der Waals surface area contributed by atoms with Crippen LogP contribution in [0.25, 0.3) is 10.9 Å². The number of nitrogens with one attached hydrogen (secondary N) is 1. The Morgan fingerprint density at radius 2 is 2.04 bits per heavy atom. The van der Waals surface area contributed by atoms with E-state index in [4.69, 9.17) is 0 Å². The molecule has 1 N–H and O–H groups in total. The number of hydrogen-bond acceptors (Lipinski definition) is 5. The van der Waals surface area contributed by atoms with Gasteiger partial charge < -0.3 is 5.32 Å². The van der Waals surface area contributed by atoms with Crippen LogP contribution in [0.4, 0.5) is 0 Å². The molecule has 1 aromatic carbocycles. The van der Waals surface area contributed by atoms with Crippen molar-refractivity contribution in [2.24, 2.45) is 5.92 Å². The molecular weight excluding hydrogens is 348 g/mol. The Kier molecular flexibility index (Phi) is 6.09. The molecule has 0 saturated carbocycles. The highest BCUT2D eigenvalue weighted by Gasteiger charge is 2.32. The molecule has 26 heavy (non-hydrogen) atoms. The van der Waals surface area contributed by atoms with Gasteiger partial charge in [-0.15, -0.1) is 0 Å². The lowest BCUT2D eigenvalue weighted by atomic mass is 9.90. The predicted molar refractivity (Wildman–Crippen MR) is 104 cm³/mol. The molecule has 0 radical (unpaired) electrons. The van der Waals surface area contributed by atoms with Crippen LogP contribution >= 0.6 is 11.8 Å². The lowest BCUT2D eigenvalue weighted by molar-refractivity contribution is -0.121. The lowest BCUT2D eigenvalue weighted by Gasteiger charge is -2.28. The van der Waals surface area contributed by atoms with Crippen molar-refractivity contribution >= 4 is 28.6 Å². The third kappa shape index (κ3) is 3.91. The summed E-state index contributed by atoms with van der Waals surface area (Å²) in [4.78, 5) is 29.8. The van der Waals surface area contributed by atoms with Gasteiger partial charge in [-0.1, -0.05) is 37.7 Å². The summed E-state index contributed by atoms with van der Waals surface area (Å²) in [5, 5.41) is 12.8. The Morgan fingerprint density at radius 1 is 1.38 bits per heavy atom. The van der Waals surface area contributed by atoms with Crippen LogP contribution in [-0.2, 0) is 11.3 Å². The number of nitriles is 1. The summed E-state index contributed by atoms with van der Waals surface area (Å²) in [6.45, 7) is 9.58. The van der Waals surface area contributed by atoms with E-state index in [2.05, 4.69) is 16.4 Å². The topological polar surface area (TPSA) is 87.8 Å². The number of carbonyl (C=O) groups is 1. The van der Waals surface area contributed by atoms with Gasteiger partial charge in [0.2, 0.25) is 5.91 Å². The third-order valence-electron chi connectivity index (χ3n) is 4.56. The Labute approximate surface area is 157 Å². The van der Waals surface area contributed by atoms with Crippen molar-refractivity contribution in [2.75, 3.05) is 0 Å². The lowest BCUT2D eigenvalue weighted by Crippen LogP contribution is -2.51. The van der Waals surface area contributed by atoms with E-state index in [1.165, 1.54) is 11.8 Å². The molecule has 2 rings (SSSR count). The number of hydrogen-bond donors (Lipinski definition) is 1. The first-order valence-corrected chi connectivity index (χ1v) is 9.51. The third-order valence-corrected chi connectivity index (χ3v) is 5.65. The molecule has 1 aromatic heterocycles. The fraction of sp³-hybridized carbons (Fsp3) is 0.474. The van der Waals surface area contributed by atoms with Crippen molar-refractivity contribution < 1.29 is 4.79 Å². The minimum absolute atomic E-state index is 0.0266. The van der Waals surface area contributed by atoms with E-state index in [-0.39, 0.29) is 17.4 Å². The van der Waals surface area contributed by atoms with E-state index in [0.717, 1.165) is 0 Å². The average Bonchev–Trinajstić information content (AvgIpc) is 2.61. The molecule has 0 aliphatic heterocycles. The van der Waals surface area contributed by atoms with Crippen molar-refractivity contribution in [1.29, 1.82) is 5.26 Å². The molecule has 0 fully saturated rings. The summed E-state index contributed by atoms with van der Waals surface area (Å²) in [7, 11) is 0. The normalized spacial score (nSPS) is 14.7. The molecule has 0 aliphatic rings. The van der Waals surface area contributed by atoms with Crippen LogP contribution in [0.5, 0.6) is 0 Å². The highest BCUT2D eigenvalue weighted by molar-refractivity contribution is 8.00. The smallest absolute Gasteiger partial charge is 0.262 e. The standard InChI is InChI=1S/C19H24N4O2S/c1-6-23-17(25)14-9-7-8-10-15(14)21-18(23)26-13(4)16(24)22-19(5,11-20)12(2)3/h7-10,12-13H,6H2,1-5H3,(H,22,24). The Morgan fingerprint density at radius 3 is 2.62 bits per heavy atom. The maximum absolute atomic E-state index is 12.7. The first-order chi connectivity index (χ1) is 12.2. The minimum atomic E-state index is -0.937. The van der Waals surface area contributed by atoms with Crippen LogP contribution in [0.1, 0.15) is 34.6 Å². The minimum Gasteiger partial charge on any atom is -0.337 e. The van der Waals surface area contributed by atoms with E-state index < -0.39 is 10.8 Å². The maximum Gasteiger partial charge on any atom is 0.262 e. The van der Waals surface area contributed by atoms with Gasteiger partial charge in [-0.25, -0.2) is 4.98 Å². The van der Waals surface area contributed by atoms with E-state index in [1.807, 2.05) is 32.9 Å². The molecule has 0 spiro atoms. The quantitative estimate of drug-likeness (QED) is 0.622. The van der Waals surface area contributed by atoms with Crippen molar-refractivity contribution in [2.45, 2.75) is 57.1 Å². The summed E-state index contributed by atoms with van der Waals surface area (Å²) >= 11 is 1.23. The van der Waals surface area contributed by atoms with Gasteiger partial charge in [-0.3, -0.25) is 14.2 Å². The number of amides is 1. The van der Waals surface area contributed by atoms with Gasteiger partial charge in [0.1, 0.15) is 5.54 Å². The van der Waals surface area contributed by atoms with E-state index in [1.54, 1.807) is 30.5 Å². The van der Waals surface area contributed by atoms with Crippen LogP contribution in [0, 0.1) is 17.2 Å². The number of rotatable bonds is 6. The molecule has 0 aliphatic carbocycles. The fourth-order valence-corrected chi connectivity index (χ4v) is 3.36. The number of fused-ring (bicyclic) bond motifs is 1. The second-order valence-electron chi connectivity index (χ2n) is 6.68. The van der Waals surface area contributed by atoms with Gasteiger partial charge in [0.05, 0.1) is 22.2 Å². The highest BCUT2D eigenvalue weighted by atomic mass is 32.2. The molecule has 0 bridgehead atoms. The van der Waals surface area contributed by atoms with Crippen LogP contribution in [-0.4, -0.2) is 26.2 Å². The number of thioether (sulfide) groups is 1. The summed E-state index contributed by atoms with van der Waals surface area (Å²) < 4.78 is 1.57. The maximum atomic E-state index is 12.7. The van der Waals surface area contributed by atoms with Crippen LogP contribution < -0.4 is 10.9 Å². The monoisotopic (exact) mass is 372 g/mol. The van der Waals surface area contributed by atoms with E-state index in [0.29, 0.717) is 22.6 Å². The van der Waals surface area contributed by atoms with Crippen molar-refractivity contribution in [3.63, 3.8) is 0 Å². The molecule has 1 heterocycles. The molecule has 6 nitrogen and oxygen atoms in total. The van der Waals surface area contributed by atoms with E-state index in [9.17, 15) is 14.9 Å². The van der Waals surface area contributed by atoms with Gasteiger partial charge in [-0.2, -0.15) is 5.26 Å². The Bertz CT molecular complexity index is 916. The largest absolute Gasteiger partial charge is 0.337 e. The molecular formula is C19H24N4O2S. The molecule has 0 saturated heterocycles.